The van der Waals surface area contributed by atoms with E-state index in [1.165, 1.54) is 5.56 Å². The summed E-state index contributed by atoms with van der Waals surface area (Å²) in [5, 5.41) is 2.93. The lowest BCUT2D eigenvalue weighted by atomic mass is 9.99. The Hall–Kier alpha value is -1.35. The largest absolute Gasteiger partial charge is 0.326 e. The number of fused-ring (bicyclic) bond motifs is 1. The molecule has 0 spiro atoms. The molecule has 3 nitrogen and oxygen atoms in total. The van der Waals surface area contributed by atoms with Gasteiger partial charge < -0.3 is 11.1 Å². The zero-order chi connectivity index (χ0) is 11.5. The molecule has 0 fully saturated rings. The maximum absolute atomic E-state index is 11.4. The summed E-state index contributed by atoms with van der Waals surface area (Å²) in [6.45, 7) is 2.08. The Morgan fingerprint density at radius 2 is 2.25 bits per heavy atom. The Kier molecular flexibility index (Phi) is 3.25. The van der Waals surface area contributed by atoms with Crippen molar-refractivity contribution in [3.63, 3.8) is 0 Å². The number of benzene rings is 1. The van der Waals surface area contributed by atoms with Crippen molar-refractivity contribution < 1.29 is 4.79 Å². The van der Waals surface area contributed by atoms with Crippen LogP contribution in [0.15, 0.2) is 18.2 Å². The molecule has 1 amide bonds. The van der Waals surface area contributed by atoms with Crippen LogP contribution in [0.1, 0.15) is 43.4 Å². The van der Waals surface area contributed by atoms with Gasteiger partial charge in [-0.3, -0.25) is 4.79 Å². The molecule has 0 aromatic heterocycles. The topological polar surface area (TPSA) is 55.1 Å². The summed E-state index contributed by atoms with van der Waals surface area (Å²) in [4.78, 5) is 11.4. The van der Waals surface area contributed by atoms with Crippen LogP contribution in [0.2, 0.25) is 0 Å². The molecule has 1 atom stereocenters. The van der Waals surface area contributed by atoms with Crippen molar-refractivity contribution in [2.24, 2.45) is 5.73 Å². The third-order valence-electron chi connectivity index (χ3n) is 3.12. The standard InChI is InChI=1S/C13H18N2O/c1-2-11(14)9-6-7-12-10(8-9)4-3-5-13(16)15-12/h6-8,11H,2-5,14H2,1H3,(H,15,16)/t11-/m0/s1. The van der Waals surface area contributed by atoms with E-state index in [1.807, 2.05) is 12.1 Å². The Morgan fingerprint density at radius 3 is 3.00 bits per heavy atom. The van der Waals surface area contributed by atoms with Gasteiger partial charge in [-0.05, 0) is 36.5 Å². The fourth-order valence-electron chi connectivity index (χ4n) is 2.06. The van der Waals surface area contributed by atoms with E-state index < -0.39 is 0 Å². The molecule has 16 heavy (non-hydrogen) atoms. The molecular formula is C13H18N2O. The molecular weight excluding hydrogens is 200 g/mol. The van der Waals surface area contributed by atoms with Gasteiger partial charge in [0.25, 0.3) is 0 Å². The molecule has 0 saturated heterocycles. The number of nitrogens with two attached hydrogens (primary N) is 1. The van der Waals surface area contributed by atoms with Gasteiger partial charge in [-0.15, -0.1) is 0 Å². The van der Waals surface area contributed by atoms with Gasteiger partial charge in [0.05, 0.1) is 0 Å². The molecule has 0 unspecified atom stereocenters. The molecule has 1 aliphatic heterocycles. The number of amides is 1. The van der Waals surface area contributed by atoms with Crippen molar-refractivity contribution in [3.05, 3.63) is 29.3 Å². The number of nitrogens with one attached hydrogen (secondary N) is 1. The van der Waals surface area contributed by atoms with Gasteiger partial charge >= 0.3 is 0 Å². The van der Waals surface area contributed by atoms with Gasteiger partial charge in [0.1, 0.15) is 0 Å². The highest BCUT2D eigenvalue weighted by Crippen LogP contribution is 2.25. The lowest BCUT2D eigenvalue weighted by Gasteiger charge is -2.13. The number of hydrogen-bond donors (Lipinski definition) is 2. The molecule has 1 aromatic carbocycles. The quantitative estimate of drug-likeness (QED) is 0.800. The molecule has 0 bridgehead atoms. The predicted molar refractivity (Wildman–Crippen MR) is 65.2 cm³/mol. The third-order valence-corrected chi connectivity index (χ3v) is 3.12. The van der Waals surface area contributed by atoms with Crippen molar-refractivity contribution in [2.75, 3.05) is 5.32 Å². The zero-order valence-corrected chi connectivity index (χ0v) is 9.62. The van der Waals surface area contributed by atoms with E-state index in [2.05, 4.69) is 18.3 Å². The van der Waals surface area contributed by atoms with Crippen LogP contribution in [-0.2, 0) is 11.2 Å². The van der Waals surface area contributed by atoms with E-state index in [9.17, 15) is 4.79 Å². The molecule has 0 aliphatic carbocycles. The number of anilines is 1. The van der Waals surface area contributed by atoms with Gasteiger partial charge in [-0.1, -0.05) is 19.1 Å². The molecule has 0 radical (unpaired) electrons. The Bertz CT molecular complexity index is 401. The second-order valence-electron chi connectivity index (χ2n) is 4.33. The van der Waals surface area contributed by atoms with Gasteiger partial charge in [-0.2, -0.15) is 0 Å². The highest BCUT2D eigenvalue weighted by molar-refractivity contribution is 5.92. The Balaban J connectivity index is 2.31. The fraction of sp³-hybridized carbons (Fsp3) is 0.462. The first kappa shape index (κ1) is 11.1. The minimum atomic E-state index is 0.101. The molecule has 2 rings (SSSR count). The number of carbonyl (C=O) groups is 1. The Labute approximate surface area is 96.0 Å². The lowest BCUT2D eigenvalue weighted by Crippen LogP contribution is -2.11. The van der Waals surface area contributed by atoms with E-state index in [4.69, 9.17) is 5.73 Å². The van der Waals surface area contributed by atoms with Crippen LogP contribution >= 0.6 is 0 Å². The molecule has 1 aromatic rings. The number of hydrogen-bond acceptors (Lipinski definition) is 2. The second-order valence-corrected chi connectivity index (χ2v) is 4.33. The minimum absolute atomic E-state index is 0.101. The molecule has 3 N–H and O–H groups in total. The van der Waals surface area contributed by atoms with E-state index in [-0.39, 0.29) is 11.9 Å². The first-order chi connectivity index (χ1) is 7.70. The molecule has 3 heteroatoms. The van der Waals surface area contributed by atoms with Crippen molar-refractivity contribution in [1.82, 2.24) is 0 Å². The average Bonchev–Trinajstić information content (AvgIpc) is 2.47. The van der Waals surface area contributed by atoms with Crippen LogP contribution in [0.5, 0.6) is 0 Å². The summed E-state index contributed by atoms with van der Waals surface area (Å²) in [5.41, 5.74) is 9.34. The SMILES string of the molecule is CC[C@H](N)c1ccc2c(c1)CCCC(=O)N2. The van der Waals surface area contributed by atoms with Crippen molar-refractivity contribution in [2.45, 2.75) is 38.6 Å². The maximum Gasteiger partial charge on any atom is 0.224 e. The Morgan fingerprint density at radius 1 is 1.44 bits per heavy atom. The first-order valence-corrected chi connectivity index (χ1v) is 5.89. The summed E-state index contributed by atoms with van der Waals surface area (Å²) in [6.07, 6.45) is 3.43. The molecule has 1 aliphatic rings. The maximum atomic E-state index is 11.4. The fourth-order valence-corrected chi connectivity index (χ4v) is 2.06. The molecule has 86 valence electrons. The van der Waals surface area contributed by atoms with E-state index in [0.717, 1.165) is 30.5 Å². The average molecular weight is 218 g/mol. The van der Waals surface area contributed by atoms with Gasteiger partial charge in [0, 0.05) is 18.2 Å². The van der Waals surface area contributed by atoms with Crippen LogP contribution in [0, 0.1) is 0 Å². The van der Waals surface area contributed by atoms with Crippen molar-refractivity contribution in [1.29, 1.82) is 0 Å². The highest BCUT2D eigenvalue weighted by Gasteiger charge is 2.14. The van der Waals surface area contributed by atoms with Crippen LogP contribution in [0.3, 0.4) is 0 Å². The number of rotatable bonds is 2. The minimum Gasteiger partial charge on any atom is -0.326 e. The predicted octanol–water partition coefficient (Wildman–Crippen LogP) is 2.37. The van der Waals surface area contributed by atoms with Crippen molar-refractivity contribution >= 4 is 11.6 Å². The van der Waals surface area contributed by atoms with Crippen molar-refractivity contribution in [3.8, 4) is 0 Å². The second kappa shape index (κ2) is 4.66. The number of aryl methyl sites for hydroxylation is 1. The summed E-state index contributed by atoms with van der Waals surface area (Å²) < 4.78 is 0. The summed E-state index contributed by atoms with van der Waals surface area (Å²) in [7, 11) is 0. The number of carbonyl (C=O) groups excluding carboxylic acids is 1. The molecule has 0 saturated carbocycles. The van der Waals surface area contributed by atoms with Gasteiger partial charge in [-0.25, -0.2) is 0 Å². The molecule has 1 heterocycles. The van der Waals surface area contributed by atoms with E-state index in [0.29, 0.717) is 6.42 Å². The van der Waals surface area contributed by atoms with Gasteiger partial charge in [0.2, 0.25) is 5.91 Å². The highest BCUT2D eigenvalue weighted by atomic mass is 16.1. The normalized spacial score (nSPS) is 17.2. The summed E-state index contributed by atoms with van der Waals surface area (Å²) in [6, 6.07) is 6.22. The van der Waals surface area contributed by atoms with Crippen LogP contribution in [0.25, 0.3) is 0 Å². The van der Waals surface area contributed by atoms with E-state index >= 15 is 0 Å². The third kappa shape index (κ3) is 2.25. The smallest absolute Gasteiger partial charge is 0.224 e. The first-order valence-electron chi connectivity index (χ1n) is 5.89. The van der Waals surface area contributed by atoms with E-state index in [1.54, 1.807) is 0 Å². The summed E-state index contributed by atoms with van der Waals surface area (Å²) in [5.74, 6) is 0.117. The monoisotopic (exact) mass is 218 g/mol. The summed E-state index contributed by atoms with van der Waals surface area (Å²) >= 11 is 0. The van der Waals surface area contributed by atoms with Crippen LogP contribution in [0.4, 0.5) is 5.69 Å². The lowest BCUT2D eigenvalue weighted by molar-refractivity contribution is -0.116. The zero-order valence-electron chi connectivity index (χ0n) is 9.62. The van der Waals surface area contributed by atoms with Crippen LogP contribution in [-0.4, -0.2) is 5.91 Å². The van der Waals surface area contributed by atoms with Gasteiger partial charge in [0.15, 0.2) is 0 Å². The van der Waals surface area contributed by atoms with Crippen LogP contribution < -0.4 is 11.1 Å².